The lowest BCUT2D eigenvalue weighted by atomic mass is 9.87. The number of carbonyl (C=O) groups excluding carboxylic acids is 1. The van der Waals surface area contributed by atoms with Crippen molar-refractivity contribution in [2.45, 2.75) is 38.3 Å². The minimum atomic E-state index is -0.630. The van der Waals surface area contributed by atoms with Gasteiger partial charge in [-0.2, -0.15) is 15.0 Å². The molecule has 0 bridgehead atoms. The SMILES string of the molecule is COC(=O)[C@@H]1Cc2c([nH]c3ccccc23)[C@@H](c2ccc(C(C)C)cc2)N1c1nc(N2CCN(C)CC2)nc(N2CCN(C)CC2)n1. The van der Waals surface area contributed by atoms with Gasteiger partial charge in [0.05, 0.1) is 13.2 Å². The van der Waals surface area contributed by atoms with Crippen LogP contribution >= 0.6 is 0 Å². The van der Waals surface area contributed by atoms with Gasteiger partial charge in [0.1, 0.15) is 6.04 Å². The summed E-state index contributed by atoms with van der Waals surface area (Å²) in [7, 11) is 5.76. The fourth-order valence-electron chi connectivity index (χ4n) is 7.02. The van der Waals surface area contributed by atoms with Crippen LogP contribution < -0.4 is 14.7 Å². The Balaban J connectivity index is 1.42. The van der Waals surface area contributed by atoms with Gasteiger partial charge in [-0.15, -0.1) is 0 Å². The zero-order valence-corrected chi connectivity index (χ0v) is 27.6. The maximum Gasteiger partial charge on any atom is 0.328 e. The number of fused-ring (bicyclic) bond motifs is 3. The van der Waals surface area contributed by atoms with Crippen LogP contribution in [-0.2, 0) is 16.0 Å². The number of methoxy groups -OCH3 is 1. The number of piperazine rings is 2. The van der Waals surface area contributed by atoms with E-state index in [1.54, 1.807) is 0 Å². The van der Waals surface area contributed by atoms with Gasteiger partial charge >= 0.3 is 5.97 Å². The van der Waals surface area contributed by atoms with Gasteiger partial charge in [0.15, 0.2) is 0 Å². The number of likely N-dealkylation sites (N-methyl/N-ethyl adjacent to an activating group) is 2. The summed E-state index contributed by atoms with van der Waals surface area (Å²) in [6.07, 6.45) is 0.478. The average molecular weight is 624 g/mol. The first-order valence-corrected chi connectivity index (χ1v) is 16.5. The van der Waals surface area contributed by atoms with Gasteiger partial charge in [-0.1, -0.05) is 56.3 Å². The molecule has 2 fully saturated rings. The van der Waals surface area contributed by atoms with Crippen LogP contribution in [0.1, 0.15) is 48.2 Å². The number of para-hydroxylation sites is 1. The molecule has 0 radical (unpaired) electrons. The Morgan fingerprint density at radius 2 is 1.37 bits per heavy atom. The van der Waals surface area contributed by atoms with Crippen molar-refractivity contribution in [3.05, 3.63) is 70.9 Å². The van der Waals surface area contributed by atoms with Crippen molar-refractivity contribution >= 4 is 34.7 Å². The normalized spacial score (nSPS) is 21.2. The zero-order valence-electron chi connectivity index (χ0n) is 27.6. The Morgan fingerprint density at radius 3 is 1.93 bits per heavy atom. The fraction of sp³-hybridized carbons (Fsp3) is 0.486. The number of ether oxygens (including phenoxy) is 1. The Hall–Kier alpha value is -4.22. The number of nitrogens with zero attached hydrogens (tertiary/aromatic N) is 8. The minimum Gasteiger partial charge on any atom is -0.467 e. The molecule has 2 aromatic carbocycles. The number of carbonyl (C=O) groups is 1. The van der Waals surface area contributed by atoms with E-state index in [-0.39, 0.29) is 12.0 Å². The molecule has 11 nitrogen and oxygen atoms in total. The molecule has 7 rings (SSSR count). The second-order valence-electron chi connectivity index (χ2n) is 13.3. The van der Waals surface area contributed by atoms with Crippen molar-refractivity contribution in [2.24, 2.45) is 0 Å². The van der Waals surface area contributed by atoms with Crippen LogP contribution in [0.25, 0.3) is 10.9 Å². The fourth-order valence-corrected chi connectivity index (χ4v) is 7.02. The summed E-state index contributed by atoms with van der Waals surface area (Å²) in [4.78, 5) is 44.2. The number of aromatic nitrogens is 4. The number of H-pyrrole nitrogens is 1. The first-order valence-electron chi connectivity index (χ1n) is 16.5. The summed E-state index contributed by atoms with van der Waals surface area (Å²) in [5.74, 6) is 1.92. The van der Waals surface area contributed by atoms with Crippen molar-refractivity contribution < 1.29 is 9.53 Å². The lowest BCUT2D eigenvalue weighted by Gasteiger charge is -2.42. The first kappa shape index (κ1) is 30.4. The Kier molecular flexibility index (Phi) is 8.29. The number of anilines is 3. The van der Waals surface area contributed by atoms with E-state index < -0.39 is 6.04 Å². The van der Waals surface area contributed by atoms with Gasteiger partial charge in [0, 0.05) is 75.4 Å². The first-order chi connectivity index (χ1) is 22.3. The molecule has 0 saturated carbocycles. The van der Waals surface area contributed by atoms with Crippen LogP contribution in [-0.4, -0.2) is 115 Å². The number of aromatic amines is 1. The van der Waals surface area contributed by atoms with E-state index in [2.05, 4.69) is 99.9 Å². The predicted octanol–water partition coefficient (Wildman–Crippen LogP) is 3.67. The van der Waals surface area contributed by atoms with Gasteiger partial charge in [0.2, 0.25) is 17.8 Å². The average Bonchev–Trinajstić information content (AvgIpc) is 3.46. The highest BCUT2D eigenvalue weighted by Gasteiger charge is 2.44. The van der Waals surface area contributed by atoms with Crippen LogP contribution in [0.3, 0.4) is 0 Å². The molecule has 4 aromatic rings. The Bertz CT molecular complexity index is 1650. The largest absolute Gasteiger partial charge is 0.467 e. The van der Waals surface area contributed by atoms with E-state index in [0.717, 1.165) is 80.1 Å². The monoisotopic (exact) mass is 623 g/mol. The number of benzene rings is 2. The summed E-state index contributed by atoms with van der Waals surface area (Å²) in [5, 5.41) is 1.13. The lowest BCUT2D eigenvalue weighted by Crippen LogP contribution is -2.51. The van der Waals surface area contributed by atoms with Crippen LogP contribution in [0.15, 0.2) is 48.5 Å². The van der Waals surface area contributed by atoms with Crippen molar-refractivity contribution in [3.8, 4) is 0 Å². The molecule has 0 amide bonds. The summed E-state index contributed by atoms with van der Waals surface area (Å²) < 4.78 is 5.50. The topological polar surface area (TPSA) is 97.0 Å². The molecule has 46 heavy (non-hydrogen) atoms. The van der Waals surface area contributed by atoms with Crippen molar-refractivity contribution in [1.29, 1.82) is 0 Å². The number of esters is 1. The van der Waals surface area contributed by atoms with Crippen molar-refractivity contribution in [3.63, 3.8) is 0 Å². The Labute approximate surface area is 271 Å². The maximum absolute atomic E-state index is 13.8. The molecule has 2 saturated heterocycles. The molecule has 3 aliphatic heterocycles. The molecular formula is C35H45N9O2. The molecule has 242 valence electrons. The molecule has 0 spiro atoms. The van der Waals surface area contributed by atoms with Gasteiger partial charge < -0.3 is 34.2 Å². The van der Waals surface area contributed by atoms with Gasteiger partial charge in [-0.25, -0.2) is 4.79 Å². The molecule has 5 heterocycles. The van der Waals surface area contributed by atoms with E-state index in [0.29, 0.717) is 30.2 Å². The maximum atomic E-state index is 13.8. The lowest BCUT2D eigenvalue weighted by molar-refractivity contribution is -0.142. The molecule has 11 heteroatoms. The smallest absolute Gasteiger partial charge is 0.328 e. The van der Waals surface area contributed by atoms with E-state index >= 15 is 0 Å². The Morgan fingerprint density at radius 1 is 0.804 bits per heavy atom. The number of hydrogen-bond donors (Lipinski definition) is 1. The summed E-state index contributed by atoms with van der Waals surface area (Å²) in [5.41, 5.74) is 5.57. The van der Waals surface area contributed by atoms with E-state index in [9.17, 15) is 4.79 Å². The third-order valence-electron chi connectivity index (χ3n) is 9.93. The highest BCUT2D eigenvalue weighted by Crippen LogP contribution is 2.43. The summed E-state index contributed by atoms with van der Waals surface area (Å²) >= 11 is 0. The zero-order chi connectivity index (χ0) is 31.9. The molecule has 1 N–H and O–H groups in total. The second-order valence-corrected chi connectivity index (χ2v) is 13.3. The van der Waals surface area contributed by atoms with E-state index in [1.165, 1.54) is 12.7 Å². The molecule has 2 atom stereocenters. The summed E-state index contributed by atoms with van der Waals surface area (Å²) in [6, 6.07) is 16.1. The quantitative estimate of drug-likeness (QED) is 0.321. The highest BCUT2D eigenvalue weighted by molar-refractivity contribution is 5.89. The standard InChI is InChI=1S/C35H45N9O2/c1-23(2)24-10-12-25(13-11-24)31-30-27(26-8-6-7-9-28(26)36-30)22-29(32(45)46-5)44(31)35-38-33(42-18-14-40(3)15-19-42)37-34(39-35)43-20-16-41(4)17-21-43/h6-13,23,29,31,36H,14-22H2,1-5H3/t29-,31+/m0/s1. The number of nitrogens with one attached hydrogen (secondary N) is 1. The molecule has 0 aliphatic carbocycles. The van der Waals surface area contributed by atoms with E-state index in [4.69, 9.17) is 19.7 Å². The van der Waals surface area contributed by atoms with Crippen LogP contribution in [0.4, 0.5) is 17.8 Å². The highest BCUT2D eigenvalue weighted by atomic mass is 16.5. The van der Waals surface area contributed by atoms with Gasteiger partial charge in [-0.3, -0.25) is 0 Å². The van der Waals surface area contributed by atoms with E-state index in [1.807, 2.05) is 6.07 Å². The third-order valence-corrected chi connectivity index (χ3v) is 9.93. The second kappa shape index (κ2) is 12.5. The van der Waals surface area contributed by atoms with Crippen molar-refractivity contribution in [2.75, 3.05) is 88.3 Å². The third kappa shape index (κ3) is 5.66. The van der Waals surface area contributed by atoms with Crippen LogP contribution in [0.5, 0.6) is 0 Å². The van der Waals surface area contributed by atoms with Crippen LogP contribution in [0, 0.1) is 0 Å². The molecule has 2 aromatic heterocycles. The predicted molar refractivity (Wildman–Crippen MR) is 182 cm³/mol. The number of hydrogen-bond acceptors (Lipinski definition) is 10. The van der Waals surface area contributed by atoms with Crippen molar-refractivity contribution in [1.82, 2.24) is 29.7 Å². The summed E-state index contributed by atoms with van der Waals surface area (Å²) in [6.45, 7) is 11.5. The van der Waals surface area contributed by atoms with Gasteiger partial charge in [-0.05, 0) is 42.8 Å². The van der Waals surface area contributed by atoms with Gasteiger partial charge in [0.25, 0.3) is 0 Å². The molecular weight excluding hydrogens is 578 g/mol. The molecule has 3 aliphatic rings. The number of rotatable bonds is 6. The van der Waals surface area contributed by atoms with Crippen LogP contribution in [0.2, 0.25) is 0 Å². The minimum absolute atomic E-state index is 0.303. The molecule has 0 unspecified atom stereocenters.